The fourth-order valence-electron chi connectivity index (χ4n) is 3.01. The maximum Gasteiger partial charge on any atom is 0.266 e. The number of benzene rings is 2. The third kappa shape index (κ3) is 5.14. The lowest BCUT2D eigenvalue weighted by molar-refractivity contribution is -0.127. The van der Waals surface area contributed by atoms with E-state index in [2.05, 4.69) is 10.4 Å². The van der Waals surface area contributed by atoms with Gasteiger partial charge in [0.1, 0.15) is 5.75 Å². The third-order valence-corrected chi connectivity index (χ3v) is 5.06. The van der Waals surface area contributed by atoms with Crippen molar-refractivity contribution in [1.82, 2.24) is 15.1 Å². The van der Waals surface area contributed by atoms with E-state index in [0.717, 1.165) is 22.3 Å². The van der Waals surface area contributed by atoms with Crippen molar-refractivity contribution in [3.8, 4) is 17.0 Å². The van der Waals surface area contributed by atoms with Gasteiger partial charge in [0.05, 0.1) is 12.2 Å². The van der Waals surface area contributed by atoms with Gasteiger partial charge in [-0.05, 0) is 51.0 Å². The number of hydrogen-bond acceptors (Lipinski definition) is 4. The van der Waals surface area contributed by atoms with E-state index in [4.69, 9.17) is 4.74 Å². The van der Waals surface area contributed by atoms with Crippen LogP contribution in [0.4, 0.5) is 0 Å². The van der Waals surface area contributed by atoms with Crippen LogP contribution in [-0.4, -0.2) is 28.3 Å². The average Bonchev–Trinajstić information content (AvgIpc) is 2.73. The van der Waals surface area contributed by atoms with Gasteiger partial charge in [-0.3, -0.25) is 9.59 Å². The van der Waals surface area contributed by atoms with Crippen LogP contribution in [0.2, 0.25) is 0 Å². The number of rotatable bonds is 7. The molecule has 0 saturated heterocycles. The number of nitrogens with one attached hydrogen (secondary N) is 1. The van der Waals surface area contributed by atoms with Crippen LogP contribution in [0.3, 0.4) is 0 Å². The van der Waals surface area contributed by atoms with E-state index >= 15 is 0 Å². The van der Waals surface area contributed by atoms with E-state index in [1.54, 1.807) is 13.0 Å². The summed E-state index contributed by atoms with van der Waals surface area (Å²) in [6.45, 7) is 8.26. The van der Waals surface area contributed by atoms with Gasteiger partial charge in [-0.15, -0.1) is 0 Å². The molecule has 30 heavy (non-hydrogen) atoms. The Morgan fingerprint density at radius 1 is 1.07 bits per heavy atom. The van der Waals surface area contributed by atoms with Gasteiger partial charge in [0.25, 0.3) is 11.5 Å². The second-order valence-electron chi connectivity index (χ2n) is 7.40. The van der Waals surface area contributed by atoms with E-state index in [1.807, 2.05) is 63.2 Å². The van der Waals surface area contributed by atoms with E-state index in [-0.39, 0.29) is 24.6 Å². The summed E-state index contributed by atoms with van der Waals surface area (Å²) in [7, 11) is 0. The number of hydrogen-bond donors (Lipinski definition) is 1. The van der Waals surface area contributed by atoms with Crippen LogP contribution in [0.1, 0.15) is 23.6 Å². The molecule has 156 valence electrons. The molecule has 3 aromatic rings. The molecule has 0 aliphatic carbocycles. The summed E-state index contributed by atoms with van der Waals surface area (Å²) in [5.41, 5.74) is 4.73. The second-order valence-corrected chi connectivity index (χ2v) is 7.40. The van der Waals surface area contributed by atoms with Crippen molar-refractivity contribution >= 4 is 5.91 Å². The van der Waals surface area contributed by atoms with Crippen molar-refractivity contribution in [2.24, 2.45) is 0 Å². The summed E-state index contributed by atoms with van der Waals surface area (Å²) in [6, 6.07) is 16.9. The molecule has 0 saturated carbocycles. The molecule has 6 nitrogen and oxygen atoms in total. The fraction of sp³-hybridized carbons (Fsp3) is 0.292. The first-order valence-corrected chi connectivity index (χ1v) is 10.0. The van der Waals surface area contributed by atoms with Crippen molar-refractivity contribution < 1.29 is 9.53 Å². The number of carbonyl (C=O) groups excluding carboxylic acids is 1. The number of amides is 1. The van der Waals surface area contributed by atoms with Gasteiger partial charge in [-0.1, -0.05) is 42.0 Å². The molecule has 1 aromatic heterocycles. The van der Waals surface area contributed by atoms with Gasteiger partial charge in [-0.25, -0.2) is 4.68 Å². The molecule has 0 bridgehead atoms. The average molecular weight is 405 g/mol. The van der Waals surface area contributed by atoms with Crippen molar-refractivity contribution in [3.05, 3.63) is 81.6 Å². The molecule has 2 aromatic carbocycles. The number of ether oxygens (including phenoxy) is 1. The monoisotopic (exact) mass is 405 g/mol. The van der Waals surface area contributed by atoms with Gasteiger partial charge in [-0.2, -0.15) is 5.10 Å². The fourth-order valence-corrected chi connectivity index (χ4v) is 3.01. The van der Waals surface area contributed by atoms with Crippen molar-refractivity contribution in [1.29, 1.82) is 0 Å². The van der Waals surface area contributed by atoms with E-state index in [9.17, 15) is 9.59 Å². The van der Waals surface area contributed by atoms with Gasteiger partial charge in [0, 0.05) is 18.2 Å². The molecule has 3 rings (SSSR count). The lowest BCUT2D eigenvalue weighted by atomic mass is 10.1. The predicted octanol–water partition coefficient (Wildman–Crippen LogP) is 3.42. The first-order valence-electron chi connectivity index (χ1n) is 10.0. The zero-order valence-corrected chi connectivity index (χ0v) is 17.8. The second kappa shape index (κ2) is 9.39. The molecule has 1 atom stereocenters. The van der Waals surface area contributed by atoms with Crippen LogP contribution in [0, 0.1) is 20.8 Å². The Morgan fingerprint density at radius 3 is 2.53 bits per heavy atom. The maximum absolute atomic E-state index is 12.4. The third-order valence-electron chi connectivity index (χ3n) is 5.06. The van der Waals surface area contributed by atoms with E-state index in [1.165, 1.54) is 10.7 Å². The highest BCUT2D eigenvalue weighted by molar-refractivity contribution is 5.80. The molecule has 1 N–H and O–H groups in total. The zero-order chi connectivity index (χ0) is 21.7. The minimum absolute atomic E-state index is 0.209. The van der Waals surface area contributed by atoms with Crippen molar-refractivity contribution in [3.63, 3.8) is 0 Å². The Kier molecular flexibility index (Phi) is 6.67. The molecule has 1 heterocycles. The van der Waals surface area contributed by atoms with Gasteiger partial charge < -0.3 is 10.1 Å². The quantitative estimate of drug-likeness (QED) is 0.654. The lowest BCUT2D eigenvalue weighted by Gasteiger charge is -2.17. The topological polar surface area (TPSA) is 73.2 Å². The lowest BCUT2D eigenvalue weighted by Crippen LogP contribution is -2.39. The summed E-state index contributed by atoms with van der Waals surface area (Å²) in [5, 5.41) is 7.24. The molecule has 6 heteroatoms. The molecule has 0 aliphatic rings. The molecule has 1 unspecified atom stereocenters. The Labute approximate surface area is 176 Å². The Morgan fingerprint density at radius 2 is 1.80 bits per heavy atom. The van der Waals surface area contributed by atoms with Crippen LogP contribution < -0.4 is 15.6 Å². The Bertz CT molecular complexity index is 1090. The Hall–Kier alpha value is -3.41. The zero-order valence-electron chi connectivity index (χ0n) is 17.8. The van der Waals surface area contributed by atoms with Crippen LogP contribution in [-0.2, 0) is 11.3 Å². The molecule has 0 fully saturated rings. The highest BCUT2D eigenvalue weighted by Crippen LogP contribution is 2.21. The molecule has 0 spiro atoms. The molecule has 1 amide bonds. The summed E-state index contributed by atoms with van der Waals surface area (Å²) >= 11 is 0. The van der Waals surface area contributed by atoms with E-state index < -0.39 is 6.10 Å². The summed E-state index contributed by atoms with van der Waals surface area (Å²) < 4.78 is 7.17. The smallest absolute Gasteiger partial charge is 0.266 e. The number of aromatic nitrogens is 2. The molecular weight excluding hydrogens is 378 g/mol. The number of carbonyl (C=O) groups is 1. The van der Waals surface area contributed by atoms with Crippen molar-refractivity contribution in [2.45, 2.75) is 40.3 Å². The van der Waals surface area contributed by atoms with Gasteiger partial charge in [0.15, 0.2) is 6.10 Å². The summed E-state index contributed by atoms with van der Waals surface area (Å²) in [5.74, 6) is 0.458. The highest BCUT2D eigenvalue weighted by Gasteiger charge is 2.15. The largest absolute Gasteiger partial charge is 0.481 e. The first kappa shape index (κ1) is 21.3. The van der Waals surface area contributed by atoms with Gasteiger partial charge in [0.2, 0.25) is 0 Å². The minimum Gasteiger partial charge on any atom is -0.481 e. The molecule has 0 aliphatic heterocycles. The summed E-state index contributed by atoms with van der Waals surface area (Å²) in [4.78, 5) is 24.5. The van der Waals surface area contributed by atoms with Crippen LogP contribution in [0.25, 0.3) is 11.3 Å². The minimum atomic E-state index is -0.644. The maximum atomic E-state index is 12.4. The first-order chi connectivity index (χ1) is 14.3. The number of nitrogens with zero attached hydrogens (tertiary/aromatic N) is 2. The SMILES string of the molecule is Cc1ccc(-c2ccc(=O)n(CCNC(=O)C(C)Oc3cccc(C)c3C)n2)cc1. The van der Waals surface area contributed by atoms with E-state index in [0.29, 0.717) is 11.4 Å². The van der Waals surface area contributed by atoms with Gasteiger partial charge >= 0.3 is 0 Å². The highest BCUT2D eigenvalue weighted by atomic mass is 16.5. The standard InChI is InChI=1S/C24H27N3O3/c1-16-8-10-20(11-9-16)21-12-13-23(28)27(26-21)15-14-25-24(29)19(4)30-22-7-5-6-17(2)18(22)3/h5-13,19H,14-15H2,1-4H3,(H,25,29). The van der Waals surface area contributed by atoms with Crippen molar-refractivity contribution in [2.75, 3.05) is 6.54 Å². The van der Waals surface area contributed by atoms with Crippen LogP contribution >= 0.6 is 0 Å². The molecular formula is C24H27N3O3. The van der Waals surface area contributed by atoms with Crippen LogP contribution in [0.15, 0.2) is 59.4 Å². The number of aryl methyl sites for hydroxylation is 2. The normalized spacial score (nSPS) is 11.7. The molecule has 0 radical (unpaired) electrons. The Balaban J connectivity index is 1.59. The summed E-state index contributed by atoms with van der Waals surface area (Å²) in [6.07, 6.45) is -0.644. The predicted molar refractivity (Wildman–Crippen MR) is 118 cm³/mol. The van der Waals surface area contributed by atoms with Crippen LogP contribution in [0.5, 0.6) is 5.75 Å².